The monoisotopic (exact) mass is 267 g/mol. The SMILES string of the molecule is CCCCCOC(=O)N1CC2CCCCC(C1)C2C. The predicted octanol–water partition coefficient (Wildman–Crippen LogP) is 4.07. The maximum Gasteiger partial charge on any atom is 0.409 e. The molecule has 1 aliphatic carbocycles. The summed E-state index contributed by atoms with van der Waals surface area (Å²) in [6, 6.07) is 0. The van der Waals surface area contributed by atoms with Crippen LogP contribution in [-0.4, -0.2) is 30.7 Å². The lowest BCUT2D eigenvalue weighted by molar-refractivity contribution is 0.0465. The number of unbranched alkanes of at least 4 members (excludes halogenated alkanes) is 2. The summed E-state index contributed by atoms with van der Waals surface area (Å²) in [5.41, 5.74) is 0. The van der Waals surface area contributed by atoms with Crippen molar-refractivity contribution in [3.05, 3.63) is 0 Å². The number of rotatable bonds is 4. The van der Waals surface area contributed by atoms with Gasteiger partial charge in [-0.05, 0) is 37.0 Å². The van der Waals surface area contributed by atoms with E-state index in [4.69, 9.17) is 4.74 Å². The Hall–Kier alpha value is -0.730. The lowest BCUT2D eigenvalue weighted by atomic mass is 9.78. The molecule has 0 N–H and O–H groups in total. The number of likely N-dealkylation sites (tertiary alicyclic amines) is 1. The van der Waals surface area contributed by atoms with Gasteiger partial charge in [0.2, 0.25) is 0 Å². The number of ether oxygens (including phenoxy) is 1. The standard InChI is InChI=1S/C16H29NO2/c1-3-4-7-10-19-16(18)17-11-14-8-5-6-9-15(12-17)13(14)2/h13-15H,3-12H2,1-2H3. The minimum absolute atomic E-state index is 0.0695. The second-order valence-electron chi connectivity index (χ2n) is 6.39. The molecule has 110 valence electrons. The van der Waals surface area contributed by atoms with E-state index in [1.54, 1.807) is 0 Å². The highest BCUT2D eigenvalue weighted by atomic mass is 16.6. The lowest BCUT2D eigenvalue weighted by Gasteiger charge is -2.40. The Morgan fingerprint density at radius 1 is 1.16 bits per heavy atom. The molecule has 0 radical (unpaired) electrons. The summed E-state index contributed by atoms with van der Waals surface area (Å²) in [5, 5.41) is 0. The molecule has 0 aromatic carbocycles. The van der Waals surface area contributed by atoms with E-state index in [1.165, 1.54) is 32.1 Å². The van der Waals surface area contributed by atoms with Gasteiger partial charge >= 0.3 is 6.09 Å². The normalized spacial score (nSPS) is 30.8. The lowest BCUT2D eigenvalue weighted by Crippen LogP contribution is -2.47. The Morgan fingerprint density at radius 3 is 2.37 bits per heavy atom. The van der Waals surface area contributed by atoms with Crippen LogP contribution >= 0.6 is 0 Å². The molecule has 2 rings (SSSR count). The fourth-order valence-electron chi connectivity index (χ4n) is 3.63. The topological polar surface area (TPSA) is 29.5 Å². The highest BCUT2D eigenvalue weighted by Crippen LogP contribution is 2.38. The molecule has 3 nitrogen and oxygen atoms in total. The van der Waals surface area contributed by atoms with Crippen LogP contribution in [0.5, 0.6) is 0 Å². The van der Waals surface area contributed by atoms with Gasteiger partial charge in [-0.1, -0.05) is 39.5 Å². The zero-order valence-corrected chi connectivity index (χ0v) is 12.6. The van der Waals surface area contributed by atoms with E-state index in [2.05, 4.69) is 13.8 Å². The fraction of sp³-hybridized carbons (Fsp3) is 0.938. The molecule has 0 spiro atoms. The first-order valence-electron chi connectivity index (χ1n) is 8.14. The van der Waals surface area contributed by atoms with Crippen molar-refractivity contribution in [3.63, 3.8) is 0 Å². The number of carbonyl (C=O) groups is 1. The summed E-state index contributed by atoms with van der Waals surface area (Å²) in [4.78, 5) is 14.1. The fourth-order valence-corrected chi connectivity index (χ4v) is 3.63. The van der Waals surface area contributed by atoms with Gasteiger partial charge in [0.05, 0.1) is 6.61 Å². The number of carbonyl (C=O) groups excluding carboxylic acids is 1. The molecular weight excluding hydrogens is 238 g/mol. The smallest absolute Gasteiger partial charge is 0.409 e. The Kier molecular flexibility index (Phi) is 5.53. The van der Waals surface area contributed by atoms with Crippen LogP contribution in [0, 0.1) is 17.8 Å². The van der Waals surface area contributed by atoms with Crippen LogP contribution in [0.1, 0.15) is 58.8 Å². The van der Waals surface area contributed by atoms with E-state index in [0.717, 1.165) is 31.8 Å². The number of fused-ring (bicyclic) bond motifs is 2. The van der Waals surface area contributed by atoms with Crippen molar-refractivity contribution in [1.82, 2.24) is 4.90 Å². The van der Waals surface area contributed by atoms with Gasteiger partial charge in [-0.2, -0.15) is 0 Å². The average Bonchev–Trinajstić information content (AvgIpc) is 2.52. The highest BCUT2D eigenvalue weighted by molar-refractivity contribution is 5.67. The van der Waals surface area contributed by atoms with E-state index in [9.17, 15) is 4.79 Å². The van der Waals surface area contributed by atoms with E-state index in [-0.39, 0.29) is 6.09 Å². The van der Waals surface area contributed by atoms with E-state index < -0.39 is 0 Å². The maximum atomic E-state index is 12.1. The largest absolute Gasteiger partial charge is 0.449 e. The van der Waals surface area contributed by atoms with Crippen LogP contribution in [-0.2, 0) is 4.74 Å². The van der Waals surface area contributed by atoms with Gasteiger partial charge < -0.3 is 9.64 Å². The molecule has 2 fully saturated rings. The van der Waals surface area contributed by atoms with Gasteiger partial charge in [0.15, 0.2) is 0 Å². The molecule has 0 aromatic heterocycles. The molecule has 2 unspecified atom stereocenters. The predicted molar refractivity (Wildman–Crippen MR) is 77.1 cm³/mol. The molecule has 0 aromatic rings. The molecule has 3 heteroatoms. The summed E-state index contributed by atoms with van der Waals surface area (Å²) in [6.45, 7) is 6.98. The number of hydrogen-bond acceptors (Lipinski definition) is 2. The second kappa shape index (κ2) is 7.16. The first kappa shape index (κ1) is 14.7. The molecule has 19 heavy (non-hydrogen) atoms. The number of amides is 1. The summed E-state index contributed by atoms with van der Waals surface area (Å²) < 4.78 is 5.41. The third-order valence-electron chi connectivity index (χ3n) is 5.03. The molecule has 2 atom stereocenters. The Morgan fingerprint density at radius 2 is 1.79 bits per heavy atom. The Bertz CT molecular complexity index is 276. The molecule has 2 bridgehead atoms. The van der Waals surface area contributed by atoms with Crippen LogP contribution in [0.3, 0.4) is 0 Å². The molecule has 1 saturated carbocycles. The van der Waals surface area contributed by atoms with Crippen molar-refractivity contribution >= 4 is 6.09 Å². The van der Waals surface area contributed by atoms with Gasteiger partial charge in [0.25, 0.3) is 0 Å². The highest BCUT2D eigenvalue weighted by Gasteiger charge is 2.37. The van der Waals surface area contributed by atoms with Gasteiger partial charge in [0.1, 0.15) is 0 Å². The molecule has 2 aliphatic rings. The van der Waals surface area contributed by atoms with Crippen LogP contribution in [0.2, 0.25) is 0 Å². The minimum atomic E-state index is -0.0695. The number of hydrogen-bond donors (Lipinski definition) is 0. The van der Waals surface area contributed by atoms with Crippen LogP contribution in [0.25, 0.3) is 0 Å². The van der Waals surface area contributed by atoms with Crippen molar-refractivity contribution < 1.29 is 9.53 Å². The minimum Gasteiger partial charge on any atom is -0.449 e. The van der Waals surface area contributed by atoms with Crippen LogP contribution in [0.15, 0.2) is 0 Å². The van der Waals surface area contributed by atoms with Gasteiger partial charge in [-0.25, -0.2) is 4.79 Å². The first-order chi connectivity index (χ1) is 9.22. The molecule has 1 amide bonds. The van der Waals surface area contributed by atoms with Crippen LogP contribution in [0.4, 0.5) is 4.79 Å². The number of piperidine rings is 1. The average molecular weight is 267 g/mol. The summed E-state index contributed by atoms with van der Waals surface area (Å²) in [7, 11) is 0. The first-order valence-corrected chi connectivity index (χ1v) is 8.14. The zero-order valence-electron chi connectivity index (χ0n) is 12.6. The van der Waals surface area contributed by atoms with E-state index in [0.29, 0.717) is 18.4 Å². The Labute approximate surface area is 117 Å². The van der Waals surface area contributed by atoms with Gasteiger partial charge in [-0.3, -0.25) is 0 Å². The molecule has 1 aliphatic heterocycles. The van der Waals surface area contributed by atoms with Crippen molar-refractivity contribution in [2.24, 2.45) is 17.8 Å². The summed E-state index contributed by atoms with van der Waals surface area (Å²) in [5.74, 6) is 2.18. The van der Waals surface area contributed by atoms with Crippen molar-refractivity contribution in [2.75, 3.05) is 19.7 Å². The summed E-state index contributed by atoms with van der Waals surface area (Å²) >= 11 is 0. The Balaban J connectivity index is 1.82. The zero-order chi connectivity index (χ0) is 13.7. The van der Waals surface area contributed by atoms with Crippen molar-refractivity contribution in [3.8, 4) is 0 Å². The summed E-state index contributed by atoms with van der Waals surface area (Å²) in [6.07, 6.45) is 8.50. The molecule has 1 saturated heterocycles. The maximum absolute atomic E-state index is 12.1. The quantitative estimate of drug-likeness (QED) is 0.719. The van der Waals surface area contributed by atoms with Crippen LogP contribution < -0.4 is 0 Å². The molecule has 1 heterocycles. The second-order valence-corrected chi connectivity index (χ2v) is 6.39. The van der Waals surface area contributed by atoms with E-state index >= 15 is 0 Å². The molecular formula is C16H29NO2. The third kappa shape index (κ3) is 3.87. The van der Waals surface area contributed by atoms with Gasteiger partial charge in [-0.15, -0.1) is 0 Å². The van der Waals surface area contributed by atoms with Gasteiger partial charge in [0, 0.05) is 13.1 Å². The third-order valence-corrected chi connectivity index (χ3v) is 5.03. The van der Waals surface area contributed by atoms with Crippen molar-refractivity contribution in [1.29, 1.82) is 0 Å². The van der Waals surface area contributed by atoms with E-state index in [1.807, 2.05) is 4.90 Å². The number of nitrogens with zero attached hydrogens (tertiary/aromatic N) is 1. The van der Waals surface area contributed by atoms with Crippen molar-refractivity contribution in [2.45, 2.75) is 58.8 Å².